The molecule has 1 atom stereocenters. The summed E-state index contributed by atoms with van der Waals surface area (Å²) in [7, 11) is 0. The van der Waals surface area contributed by atoms with E-state index in [1.54, 1.807) is 0 Å². The number of ether oxygens (including phenoxy) is 1. The quantitative estimate of drug-likeness (QED) is 0.854. The highest BCUT2D eigenvalue weighted by molar-refractivity contribution is 5.75. The van der Waals surface area contributed by atoms with Gasteiger partial charge in [0.2, 0.25) is 5.95 Å². The van der Waals surface area contributed by atoms with Crippen molar-refractivity contribution in [2.45, 2.75) is 77.0 Å². The first-order valence-electron chi connectivity index (χ1n) is 9.39. The van der Waals surface area contributed by atoms with Crippen molar-refractivity contribution >= 4 is 17.1 Å². The van der Waals surface area contributed by atoms with Crippen LogP contribution >= 0.6 is 0 Å². The molecule has 134 valence electrons. The molecule has 1 aliphatic carbocycles. The molecule has 5 heteroatoms. The van der Waals surface area contributed by atoms with Crippen molar-refractivity contribution in [3.05, 3.63) is 30.1 Å². The molecule has 0 bridgehead atoms. The van der Waals surface area contributed by atoms with E-state index >= 15 is 0 Å². The normalized spacial score (nSPS) is 22.9. The highest BCUT2D eigenvalue weighted by Gasteiger charge is 2.32. The largest absolute Gasteiger partial charge is 0.372 e. The molecule has 3 heterocycles. The molecule has 2 aromatic rings. The van der Waals surface area contributed by atoms with Gasteiger partial charge in [-0.05, 0) is 65.0 Å². The topological polar surface area (TPSA) is 52.0 Å². The Morgan fingerprint density at radius 2 is 2.12 bits per heavy atom. The fourth-order valence-corrected chi connectivity index (χ4v) is 3.85. The third-order valence-electron chi connectivity index (χ3n) is 5.43. The standard InChI is InChI=1S/C20H28N4O/c1-13-8-9-17-18(21-13)24(15-6-5-7-15)19(23-17)22-14(2)12-16-10-11-20(3,4)25-16/h8-9,15-16H,2,5-7,10-12H2,1,3-4H3,(H,22,23)/t16-/m1/s1. The minimum Gasteiger partial charge on any atom is -0.372 e. The zero-order valence-corrected chi connectivity index (χ0v) is 15.5. The lowest BCUT2D eigenvalue weighted by Gasteiger charge is -2.29. The maximum Gasteiger partial charge on any atom is 0.209 e. The van der Waals surface area contributed by atoms with Crippen molar-refractivity contribution in [3.8, 4) is 0 Å². The van der Waals surface area contributed by atoms with E-state index in [4.69, 9.17) is 14.7 Å². The summed E-state index contributed by atoms with van der Waals surface area (Å²) in [6.07, 6.45) is 6.94. The fourth-order valence-electron chi connectivity index (χ4n) is 3.85. The van der Waals surface area contributed by atoms with E-state index in [1.165, 1.54) is 19.3 Å². The Bertz CT molecular complexity index is 803. The van der Waals surface area contributed by atoms with Crippen LogP contribution in [-0.2, 0) is 4.74 Å². The number of anilines is 1. The minimum atomic E-state index is -0.00846. The van der Waals surface area contributed by atoms with Crippen molar-refractivity contribution in [3.63, 3.8) is 0 Å². The lowest BCUT2D eigenvalue weighted by molar-refractivity contribution is -0.0143. The fraction of sp³-hybridized carbons (Fsp3) is 0.600. The number of rotatable bonds is 5. The Labute approximate surface area is 149 Å². The average molecular weight is 340 g/mol. The predicted octanol–water partition coefficient (Wildman–Crippen LogP) is 4.74. The lowest BCUT2D eigenvalue weighted by atomic mass is 9.93. The summed E-state index contributed by atoms with van der Waals surface area (Å²) < 4.78 is 8.38. The van der Waals surface area contributed by atoms with Crippen LogP contribution in [0.4, 0.5) is 5.95 Å². The summed E-state index contributed by atoms with van der Waals surface area (Å²) >= 11 is 0. The molecule has 2 aromatic heterocycles. The van der Waals surface area contributed by atoms with Crippen LogP contribution in [0.15, 0.2) is 24.4 Å². The summed E-state index contributed by atoms with van der Waals surface area (Å²) in [4.78, 5) is 9.52. The molecule has 0 spiro atoms. The van der Waals surface area contributed by atoms with Gasteiger partial charge in [-0.1, -0.05) is 6.58 Å². The maximum atomic E-state index is 6.10. The van der Waals surface area contributed by atoms with Gasteiger partial charge < -0.3 is 10.1 Å². The average Bonchev–Trinajstić information content (AvgIpc) is 2.98. The van der Waals surface area contributed by atoms with Gasteiger partial charge in [0.1, 0.15) is 5.52 Å². The maximum absolute atomic E-state index is 6.10. The molecule has 0 aromatic carbocycles. The van der Waals surface area contributed by atoms with Crippen molar-refractivity contribution < 1.29 is 4.74 Å². The summed E-state index contributed by atoms with van der Waals surface area (Å²) in [5.41, 5.74) is 3.92. The number of pyridine rings is 1. The number of hydrogen-bond donors (Lipinski definition) is 1. The third-order valence-corrected chi connectivity index (χ3v) is 5.43. The van der Waals surface area contributed by atoms with Crippen LogP contribution in [0.1, 0.15) is 64.1 Å². The molecule has 0 amide bonds. The Kier molecular flexibility index (Phi) is 4.07. The molecule has 0 radical (unpaired) electrons. The number of hydrogen-bond acceptors (Lipinski definition) is 4. The molecule has 25 heavy (non-hydrogen) atoms. The number of imidazole rings is 1. The van der Waals surface area contributed by atoms with Crippen LogP contribution in [0.3, 0.4) is 0 Å². The summed E-state index contributed by atoms with van der Waals surface area (Å²) in [6.45, 7) is 10.6. The van der Waals surface area contributed by atoms with Gasteiger partial charge in [0.05, 0.1) is 11.7 Å². The van der Waals surface area contributed by atoms with Gasteiger partial charge in [-0.3, -0.25) is 4.57 Å². The van der Waals surface area contributed by atoms with Gasteiger partial charge in [0.15, 0.2) is 5.65 Å². The van der Waals surface area contributed by atoms with E-state index in [2.05, 4.69) is 36.4 Å². The molecule has 2 fully saturated rings. The van der Waals surface area contributed by atoms with Gasteiger partial charge in [0, 0.05) is 23.9 Å². The van der Waals surface area contributed by atoms with E-state index in [1.807, 2.05) is 13.0 Å². The van der Waals surface area contributed by atoms with Gasteiger partial charge in [0.25, 0.3) is 0 Å². The zero-order valence-electron chi connectivity index (χ0n) is 15.5. The molecule has 1 saturated heterocycles. The van der Waals surface area contributed by atoms with Crippen molar-refractivity contribution in [1.29, 1.82) is 0 Å². The molecule has 5 nitrogen and oxygen atoms in total. The molecule has 1 aliphatic heterocycles. The summed E-state index contributed by atoms with van der Waals surface area (Å²) in [5, 5.41) is 3.46. The second-order valence-electron chi connectivity index (χ2n) is 8.16. The smallest absolute Gasteiger partial charge is 0.209 e. The molecule has 1 N–H and O–H groups in total. The number of nitrogens with zero attached hydrogens (tertiary/aromatic N) is 3. The van der Waals surface area contributed by atoms with Crippen molar-refractivity contribution in [2.24, 2.45) is 0 Å². The van der Waals surface area contributed by atoms with Crippen LogP contribution in [0, 0.1) is 6.92 Å². The first-order valence-corrected chi connectivity index (χ1v) is 9.39. The number of aromatic nitrogens is 3. The van der Waals surface area contributed by atoms with Gasteiger partial charge in [-0.25, -0.2) is 9.97 Å². The molecule has 4 rings (SSSR count). The van der Waals surface area contributed by atoms with Crippen LogP contribution in [0.2, 0.25) is 0 Å². The lowest BCUT2D eigenvalue weighted by Crippen LogP contribution is -2.22. The van der Waals surface area contributed by atoms with Gasteiger partial charge in [-0.2, -0.15) is 0 Å². The van der Waals surface area contributed by atoms with Gasteiger partial charge >= 0.3 is 0 Å². The second kappa shape index (κ2) is 6.13. The molecular weight excluding hydrogens is 312 g/mol. The van der Waals surface area contributed by atoms with Crippen molar-refractivity contribution in [2.75, 3.05) is 5.32 Å². The molecule has 1 saturated carbocycles. The van der Waals surface area contributed by atoms with Gasteiger partial charge in [-0.15, -0.1) is 0 Å². The van der Waals surface area contributed by atoms with Crippen LogP contribution in [0.25, 0.3) is 11.2 Å². The molecule has 2 aliphatic rings. The Hall–Kier alpha value is -1.88. The molecular formula is C20H28N4O. The van der Waals surface area contributed by atoms with E-state index < -0.39 is 0 Å². The SMILES string of the molecule is C=C(C[C@H]1CCC(C)(C)O1)Nc1nc2ccc(C)nc2n1C1CCC1. The highest BCUT2D eigenvalue weighted by Crippen LogP contribution is 2.37. The number of aryl methyl sites for hydroxylation is 1. The van der Waals surface area contributed by atoms with E-state index in [-0.39, 0.29) is 11.7 Å². The van der Waals surface area contributed by atoms with Crippen LogP contribution < -0.4 is 5.32 Å². The summed E-state index contributed by atoms with van der Waals surface area (Å²) in [5.74, 6) is 0.875. The van der Waals surface area contributed by atoms with E-state index in [0.717, 1.165) is 47.8 Å². The predicted molar refractivity (Wildman–Crippen MR) is 101 cm³/mol. The van der Waals surface area contributed by atoms with Crippen molar-refractivity contribution in [1.82, 2.24) is 14.5 Å². The Morgan fingerprint density at radius 1 is 1.32 bits per heavy atom. The Morgan fingerprint density at radius 3 is 2.76 bits per heavy atom. The van der Waals surface area contributed by atoms with Crippen LogP contribution in [0.5, 0.6) is 0 Å². The van der Waals surface area contributed by atoms with E-state index in [0.29, 0.717) is 6.04 Å². The number of nitrogens with one attached hydrogen (secondary N) is 1. The van der Waals surface area contributed by atoms with E-state index in [9.17, 15) is 0 Å². The number of fused-ring (bicyclic) bond motifs is 1. The first-order chi connectivity index (χ1) is 11.9. The van der Waals surface area contributed by atoms with Crippen LogP contribution in [-0.4, -0.2) is 26.2 Å². The monoisotopic (exact) mass is 340 g/mol. The Balaban J connectivity index is 1.55. The zero-order chi connectivity index (χ0) is 17.6. The highest BCUT2D eigenvalue weighted by atomic mass is 16.5. The summed E-state index contributed by atoms with van der Waals surface area (Å²) in [6, 6.07) is 4.58. The first kappa shape index (κ1) is 16.6. The molecule has 0 unspecified atom stereocenters. The minimum absolute atomic E-state index is 0.00846. The second-order valence-corrected chi connectivity index (χ2v) is 8.16. The third kappa shape index (κ3) is 3.30.